The predicted molar refractivity (Wildman–Crippen MR) is 120 cm³/mol. The van der Waals surface area contributed by atoms with Crippen LogP contribution in [0.4, 0.5) is 4.39 Å². The lowest BCUT2D eigenvalue weighted by Gasteiger charge is -2.36. The largest absolute Gasteiger partial charge is 0.348 e. The van der Waals surface area contributed by atoms with E-state index in [4.69, 9.17) is 0 Å². The first-order chi connectivity index (χ1) is 14.8. The Morgan fingerprint density at radius 1 is 1.00 bits per heavy atom. The Bertz CT molecular complexity index is 1000. The van der Waals surface area contributed by atoms with E-state index in [1.165, 1.54) is 21.8 Å². The van der Waals surface area contributed by atoms with Crippen LogP contribution in [0.1, 0.15) is 31.0 Å². The van der Waals surface area contributed by atoms with Crippen molar-refractivity contribution in [3.8, 4) is 0 Å². The van der Waals surface area contributed by atoms with Crippen LogP contribution in [-0.2, 0) is 14.8 Å². The lowest BCUT2D eigenvalue weighted by atomic mass is 10.1. The summed E-state index contributed by atoms with van der Waals surface area (Å²) in [4.78, 5) is 14.6. The van der Waals surface area contributed by atoms with Gasteiger partial charge < -0.3 is 5.32 Å². The molecule has 0 saturated carbocycles. The lowest BCUT2D eigenvalue weighted by molar-refractivity contribution is -0.127. The van der Waals surface area contributed by atoms with Crippen LogP contribution in [0.15, 0.2) is 60.0 Å². The normalized spacial score (nSPS) is 18.0. The highest BCUT2D eigenvalue weighted by Crippen LogP contribution is 2.16. The quantitative estimate of drug-likeness (QED) is 0.711. The summed E-state index contributed by atoms with van der Waals surface area (Å²) < 4.78 is 39.7. The van der Waals surface area contributed by atoms with Crippen LogP contribution in [-0.4, -0.2) is 55.8 Å². The Balaban J connectivity index is 1.52. The van der Waals surface area contributed by atoms with Crippen molar-refractivity contribution >= 4 is 22.0 Å². The fourth-order valence-electron chi connectivity index (χ4n) is 3.49. The molecular weight excluding hydrogens is 417 g/mol. The van der Waals surface area contributed by atoms with Crippen molar-refractivity contribution in [2.75, 3.05) is 26.2 Å². The Labute approximate surface area is 183 Å². The number of benzene rings is 2. The number of carbonyl (C=O) groups is 1. The molecule has 2 unspecified atom stereocenters. The van der Waals surface area contributed by atoms with E-state index in [0.717, 1.165) is 11.1 Å². The van der Waals surface area contributed by atoms with Gasteiger partial charge in [0.2, 0.25) is 15.9 Å². The highest BCUT2D eigenvalue weighted by atomic mass is 32.2. The molecule has 1 fully saturated rings. The summed E-state index contributed by atoms with van der Waals surface area (Å²) in [6.07, 6.45) is 1.59. The monoisotopic (exact) mass is 445 g/mol. The van der Waals surface area contributed by atoms with Gasteiger partial charge >= 0.3 is 0 Å². The van der Waals surface area contributed by atoms with Gasteiger partial charge in [0.05, 0.1) is 12.1 Å². The summed E-state index contributed by atoms with van der Waals surface area (Å²) >= 11 is 0. The first-order valence-electron chi connectivity index (χ1n) is 10.3. The first-order valence-corrected chi connectivity index (χ1v) is 11.8. The highest BCUT2D eigenvalue weighted by molar-refractivity contribution is 7.92. The third-order valence-corrected chi connectivity index (χ3v) is 7.09. The Morgan fingerprint density at radius 3 is 2.23 bits per heavy atom. The van der Waals surface area contributed by atoms with E-state index in [2.05, 4.69) is 5.32 Å². The number of sulfonamides is 1. The summed E-state index contributed by atoms with van der Waals surface area (Å²) in [5.41, 5.74) is 1.65. The number of amides is 1. The molecule has 0 bridgehead atoms. The zero-order valence-electron chi connectivity index (χ0n) is 17.7. The highest BCUT2D eigenvalue weighted by Gasteiger charge is 2.30. The van der Waals surface area contributed by atoms with E-state index in [0.29, 0.717) is 26.2 Å². The molecule has 0 radical (unpaired) electrons. The minimum absolute atomic E-state index is 0.142. The Kier molecular flexibility index (Phi) is 7.59. The summed E-state index contributed by atoms with van der Waals surface area (Å²) in [6.45, 7) is 5.25. The number of carbonyl (C=O) groups excluding carboxylic acids is 1. The fraction of sp³-hybridized carbons (Fsp3) is 0.348. The van der Waals surface area contributed by atoms with Crippen LogP contribution in [0.5, 0.6) is 0 Å². The minimum Gasteiger partial charge on any atom is -0.348 e. The molecular formula is C23H28FN3O3S. The summed E-state index contributed by atoms with van der Waals surface area (Å²) in [6, 6.07) is 14.7. The number of nitrogens with one attached hydrogen (secondary N) is 1. The van der Waals surface area contributed by atoms with Crippen LogP contribution < -0.4 is 5.32 Å². The molecule has 0 aromatic heterocycles. The molecule has 1 amide bonds. The van der Waals surface area contributed by atoms with Gasteiger partial charge in [-0.25, -0.2) is 12.8 Å². The molecule has 0 spiro atoms. The van der Waals surface area contributed by atoms with Gasteiger partial charge in [0.25, 0.3) is 0 Å². The molecule has 6 nitrogen and oxygen atoms in total. The van der Waals surface area contributed by atoms with E-state index < -0.39 is 16.1 Å². The van der Waals surface area contributed by atoms with Gasteiger partial charge in [-0.15, -0.1) is 0 Å². The Hall–Kier alpha value is -2.55. The van der Waals surface area contributed by atoms with Crippen LogP contribution in [0.25, 0.3) is 6.08 Å². The number of piperazine rings is 1. The SMILES string of the molecule is CC(NC(=O)C(C)N1CCN(S(=O)(=O)/C=C/c2ccccc2)CC1)c1ccc(F)cc1. The molecule has 2 atom stereocenters. The molecule has 1 saturated heterocycles. The molecule has 1 heterocycles. The zero-order valence-corrected chi connectivity index (χ0v) is 18.6. The third-order valence-electron chi connectivity index (χ3n) is 5.52. The predicted octanol–water partition coefficient (Wildman–Crippen LogP) is 3.01. The van der Waals surface area contributed by atoms with E-state index in [1.54, 1.807) is 18.2 Å². The Morgan fingerprint density at radius 2 is 1.61 bits per heavy atom. The maximum absolute atomic E-state index is 13.1. The zero-order chi connectivity index (χ0) is 22.4. The second-order valence-corrected chi connectivity index (χ2v) is 9.47. The van der Waals surface area contributed by atoms with Gasteiger partial charge in [0, 0.05) is 31.6 Å². The molecule has 1 aliphatic rings. The number of hydrogen-bond acceptors (Lipinski definition) is 4. The molecule has 2 aromatic rings. The molecule has 2 aromatic carbocycles. The maximum atomic E-state index is 13.1. The van der Waals surface area contributed by atoms with Gasteiger partial charge in [0.15, 0.2) is 0 Å². The van der Waals surface area contributed by atoms with Crippen molar-refractivity contribution in [2.24, 2.45) is 0 Å². The van der Waals surface area contributed by atoms with Gasteiger partial charge in [0.1, 0.15) is 5.82 Å². The number of hydrogen-bond donors (Lipinski definition) is 1. The standard InChI is InChI=1S/C23H28FN3O3S/c1-18(21-8-10-22(24)11-9-21)25-23(28)19(2)26-13-15-27(16-14-26)31(29,30)17-12-20-6-4-3-5-7-20/h3-12,17-19H,13-16H2,1-2H3,(H,25,28)/b17-12+. The van der Waals surface area contributed by atoms with Crippen molar-refractivity contribution in [3.05, 3.63) is 76.9 Å². The van der Waals surface area contributed by atoms with Crippen LogP contribution in [0, 0.1) is 5.82 Å². The summed E-state index contributed by atoms with van der Waals surface area (Å²) in [7, 11) is -3.51. The summed E-state index contributed by atoms with van der Waals surface area (Å²) in [5, 5.41) is 4.18. The third kappa shape index (κ3) is 6.22. The van der Waals surface area contributed by atoms with Crippen molar-refractivity contribution in [2.45, 2.75) is 25.9 Å². The molecule has 31 heavy (non-hydrogen) atoms. The number of halogens is 1. The van der Waals surface area contributed by atoms with Crippen LogP contribution in [0.3, 0.4) is 0 Å². The molecule has 3 rings (SSSR count). The average molecular weight is 446 g/mol. The number of rotatable bonds is 7. The van der Waals surface area contributed by atoms with Crippen molar-refractivity contribution in [1.29, 1.82) is 0 Å². The van der Waals surface area contributed by atoms with Crippen molar-refractivity contribution < 1.29 is 17.6 Å². The molecule has 8 heteroatoms. The minimum atomic E-state index is -3.51. The average Bonchev–Trinajstić information content (AvgIpc) is 2.78. The topological polar surface area (TPSA) is 69.7 Å². The van der Waals surface area contributed by atoms with Crippen molar-refractivity contribution in [3.63, 3.8) is 0 Å². The summed E-state index contributed by atoms with van der Waals surface area (Å²) in [5.74, 6) is -0.459. The van der Waals surface area contributed by atoms with Gasteiger partial charge in [-0.1, -0.05) is 42.5 Å². The number of nitrogens with zero attached hydrogens (tertiary/aromatic N) is 2. The van der Waals surface area contributed by atoms with Gasteiger partial charge in [-0.05, 0) is 43.2 Å². The maximum Gasteiger partial charge on any atom is 0.237 e. The van der Waals surface area contributed by atoms with Gasteiger partial charge in [-0.3, -0.25) is 9.69 Å². The second-order valence-electron chi connectivity index (χ2n) is 7.65. The first kappa shape index (κ1) is 23.1. The van der Waals surface area contributed by atoms with Crippen molar-refractivity contribution in [1.82, 2.24) is 14.5 Å². The van der Waals surface area contributed by atoms with E-state index in [1.807, 2.05) is 49.1 Å². The van der Waals surface area contributed by atoms with Gasteiger partial charge in [-0.2, -0.15) is 4.31 Å². The second kappa shape index (κ2) is 10.2. The van der Waals surface area contributed by atoms with Crippen LogP contribution in [0.2, 0.25) is 0 Å². The van der Waals surface area contributed by atoms with E-state index in [-0.39, 0.29) is 17.8 Å². The molecule has 166 valence electrons. The smallest absolute Gasteiger partial charge is 0.237 e. The van der Waals surface area contributed by atoms with E-state index >= 15 is 0 Å². The molecule has 1 N–H and O–H groups in total. The van der Waals surface area contributed by atoms with E-state index in [9.17, 15) is 17.6 Å². The lowest BCUT2D eigenvalue weighted by Crippen LogP contribution is -2.54. The molecule has 1 aliphatic heterocycles. The fourth-order valence-corrected chi connectivity index (χ4v) is 4.67. The molecule has 0 aliphatic carbocycles. The van der Waals surface area contributed by atoms with Crippen LogP contribution >= 0.6 is 0 Å².